The van der Waals surface area contributed by atoms with Gasteiger partial charge in [-0.1, -0.05) is 32.0 Å². The van der Waals surface area contributed by atoms with Gasteiger partial charge < -0.3 is 9.90 Å². The summed E-state index contributed by atoms with van der Waals surface area (Å²) in [5.74, 6) is 0.124. The Morgan fingerprint density at radius 1 is 1.14 bits per heavy atom. The first-order valence-corrected chi connectivity index (χ1v) is 7.28. The first-order valence-electron chi connectivity index (χ1n) is 7.28. The van der Waals surface area contributed by atoms with Crippen LogP contribution in [0, 0.1) is 6.92 Å². The molecule has 1 heterocycles. The van der Waals surface area contributed by atoms with E-state index in [9.17, 15) is 9.90 Å². The second-order valence-electron chi connectivity index (χ2n) is 5.73. The molecule has 0 fully saturated rings. The Labute approximate surface area is 129 Å². The minimum absolute atomic E-state index is 0.146. The second-order valence-corrected chi connectivity index (χ2v) is 5.73. The van der Waals surface area contributed by atoms with Crippen molar-refractivity contribution in [2.24, 2.45) is 0 Å². The summed E-state index contributed by atoms with van der Waals surface area (Å²) in [5.41, 5.74) is 4.00. The van der Waals surface area contributed by atoms with Crippen molar-refractivity contribution in [1.82, 2.24) is 9.55 Å². The van der Waals surface area contributed by atoms with Crippen LogP contribution in [0.15, 0.2) is 42.5 Å². The fourth-order valence-corrected chi connectivity index (χ4v) is 2.66. The van der Waals surface area contributed by atoms with Crippen molar-refractivity contribution in [2.45, 2.75) is 26.7 Å². The van der Waals surface area contributed by atoms with Gasteiger partial charge in [0.05, 0.1) is 17.0 Å². The molecule has 0 atom stereocenters. The lowest BCUT2D eigenvalue weighted by molar-refractivity contribution is -0.255. The smallest absolute Gasteiger partial charge is 0.111 e. The van der Waals surface area contributed by atoms with E-state index in [4.69, 9.17) is 0 Å². The third-order valence-electron chi connectivity index (χ3n) is 3.88. The van der Waals surface area contributed by atoms with Gasteiger partial charge in [0.1, 0.15) is 5.82 Å². The van der Waals surface area contributed by atoms with Crippen LogP contribution < -0.4 is 5.11 Å². The summed E-state index contributed by atoms with van der Waals surface area (Å²) in [6, 6.07) is 13.2. The fourth-order valence-electron chi connectivity index (χ4n) is 2.66. The number of aromatic carboxylic acids is 1. The van der Waals surface area contributed by atoms with E-state index in [1.54, 1.807) is 18.2 Å². The predicted octanol–water partition coefficient (Wildman–Crippen LogP) is 2.82. The summed E-state index contributed by atoms with van der Waals surface area (Å²) in [6.45, 7) is 6.23. The molecule has 4 heteroatoms. The van der Waals surface area contributed by atoms with E-state index in [2.05, 4.69) is 43.1 Å². The van der Waals surface area contributed by atoms with Crippen LogP contribution in [0.2, 0.25) is 0 Å². The lowest BCUT2D eigenvalue weighted by Gasteiger charge is -2.10. The molecule has 0 saturated heterocycles. The summed E-state index contributed by atoms with van der Waals surface area (Å²) in [7, 11) is 0. The lowest BCUT2D eigenvalue weighted by Crippen LogP contribution is -2.21. The predicted molar refractivity (Wildman–Crippen MR) is 84.2 cm³/mol. The van der Waals surface area contributed by atoms with Crippen LogP contribution in [0.4, 0.5) is 0 Å². The van der Waals surface area contributed by atoms with Crippen molar-refractivity contribution < 1.29 is 9.90 Å². The molecular weight excluding hydrogens is 276 g/mol. The van der Waals surface area contributed by atoms with Crippen molar-refractivity contribution in [3.8, 4) is 5.69 Å². The van der Waals surface area contributed by atoms with Gasteiger partial charge in [-0.05, 0) is 48.2 Å². The molecule has 0 aliphatic carbocycles. The number of carbonyl (C=O) groups excluding carboxylic acids is 1. The number of rotatable bonds is 3. The number of carboxylic acids is 1. The highest BCUT2D eigenvalue weighted by Gasteiger charge is 2.10. The molecule has 0 unspecified atom stereocenters. The Kier molecular flexibility index (Phi) is 3.45. The van der Waals surface area contributed by atoms with Crippen molar-refractivity contribution in [1.29, 1.82) is 0 Å². The summed E-state index contributed by atoms with van der Waals surface area (Å²) >= 11 is 0. The Morgan fingerprint density at radius 3 is 2.41 bits per heavy atom. The van der Waals surface area contributed by atoms with Crippen LogP contribution in [-0.2, 0) is 0 Å². The Bertz CT molecular complexity index is 845. The van der Waals surface area contributed by atoms with Gasteiger partial charge in [0.15, 0.2) is 0 Å². The van der Waals surface area contributed by atoms with Gasteiger partial charge in [-0.25, -0.2) is 4.98 Å². The first-order chi connectivity index (χ1) is 10.5. The number of aryl methyl sites for hydroxylation is 1. The number of nitrogens with zero attached hydrogens (tertiary/aromatic N) is 2. The van der Waals surface area contributed by atoms with Gasteiger partial charge in [0.2, 0.25) is 0 Å². The van der Waals surface area contributed by atoms with Gasteiger partial charge in [0.25, 0.3) is 0 Å². The summed E-state index contributed by atoms with van der Waals surface area (Å²) in [4.78, 5) is 15.4. The molecule has 0 aliphatic rings. The summed E-state index contributed by atoms with van der Waals surface area (Å²) in [6.07, 6.45) is 0. The zero-order valence-electron chi connectivity index (χ0n) is 12.8. The Balaban J connectivity index is 2.14. The van der Waals surface area contributed by atoms with Crippen LogP contribution in [0.1, 0.15) is 41.5 Å². The number of imidazole rings is 1. The molecule has 0 N–H and O–H groups in total. The third-order valence-corrected chi connectivity index (χ3v) is 3.88. The van der Waals surface area contributed by atoms with E-state index in [1.807, 2.05) is 11.5 Å². The second kappa shape index (κ2) is 5.30. The lowest BCUT2D eigenvalue weighted by atomic mass is 10.0. The molecular formula is C18H17N2O2-. The average Bonchev–Trinajstić information content (AvgIpc) is 2.82. The monoisotopic (exact) mass is 293 g/mol. The standard InChI is InChI=1S/C18H18N2O2/c1-11(2)13-4-7-15(8-5-13)20-12(3)19-16-10-14(18(21)22)6-9-17(16)20/h4-11H,1-3H3,(H,21,22)/p-1. The van der Waals surface area contributed by atoms with Crippen molar-refractivity contribution >= 4 is 17.0 Å². The number of aromatic nitrogens is 2. The third kappa shape index (κ3) is 2.37. The van der Waals surface area contributed by atoms with Crippen molar-refractivity contribution in [3.63, 3.8) is 0 Å². The van der Waals surface area contributed by atoms with Crippen molar-refractivity contribution in [3.05, 3.63) is 59.4 Å². The molecule has 1 aromatic heterocycles. The number of carboxylic acid groups (broad SMARTS) is 1. The van der Waals surface area contributed by atoms with Gasteiger partial charge in [-0.15, -0.1) is 0 Å². The van der Waals surface area contributed by atoms with Crippen LogP contribution in [0.5, 0.6) is 0 Å². The summed E-state index contributed by atoms with van der Waals surface area (Å²) in [5, 5.41) is 11.0. The maximum absolute atomic E-state index is 11.0. The van der Waals surface area contributed by atoms with E-state index in [0.717, 1.165) is 17.0 Å². The minimum Gasteiger partial charge on any atom is -0.545 e. The topological polar surface area (TPSA) is 57.9 Å². The van der Waals surface area contributed by atoms with Crippen LogP contribution in [-0.4, -0.2) is 15.5 Å². The zero-order valence-corrected chi connectivity index (χ0v) is 12.8. The van der Waals surface area contributed by atoms with Gasteiger partial charge in [-0.2, -0.15) is 0 Å². The molecule has 2 aromatic carbocycles. The average molecular weight is 293 g/mol. The highest BCUT2D eigenvalue weighted by Crippen LogP contribution is 2.24. The van der Waals surface area contributed by atoms with E-state index in [-0.39, 0.29) is 5.56 Å². The van der Waals surface area contributed by atoms with E-state index < -0.39 is 5.97 Å². The van der Waals surface area contributed by atoms with Gasteiger partial charge in [0, 0.05) is 5.69 Å². The molecule has 0 aliphatic heterocycles. The molecule has 3 aromatic rings. The SMILES string of the molecule is Cc1nc2cc(C(=O)[O-])ccc2n1-c1ccc(C(C)C)cc1. The maximum Gasteiger partial charge on any atom is 0.111 e. The molecule has 0 radical (unpaired) electrons. The Hall–Kier alpha value is -2.62. The largest absolute Gasteiger partial charge is 0.545 e. The number of carbonyl (C=O) groups is 1. The number of benzene rings is 2. The normalized spacial score (nSPS) is 11.3. The number of hydrogen-bond acceptors (Lipinski definition) is 3. The quantitative estimate of drug-likeness (QED) is 0.746. The molecule has 112 valence electrons. The summed E-state index contributed by atoms with van der Waals surface area (Å²) < 4.78 is 2.03. The van der Waals surface area contributed by atoms with Crippen LogP contribution >= 0.6 is 0 Å². The van der Waals surface area contributed by atoms with Gasteiger partial charge in [-0.3, -0.25) is 4.57 Å². The molecule has 0 amide bonds. The van der Waals surface area contributed by atoms with Crippen LogP contribution in [0.25, 0.3) is 16.7 Å². The highest BCUT2D eigenvalue weighted by atomic mass is 16.4. The van der Waals surface area contributed by atoms with E-state index in [0.29, 0.717) is 11.4 Å². The van der Waals surface area contributed by atoms with Gasteiger partial charge >= 0.3 is 0 Å². The first kappa shape index (κ1) is 14.3. The number of hydrogen-bond donors (Lipinski definition) is 0. The van der Waals surface area contributed by atoms with E-state index in [1.165, 1.54) is 5.56 Å². The van der Waals surface area contributed by atoms with Crippen molar-refractivity contribution in [2.75, 3.05) is 0 Å². The zero-order chi connectivity index (χ0) is 15.9. The molecule has 4 nitrogen and oxygen atoms in total. The molecule has 22 heavy (non-hydrogen) atoms. The van der Waals surface area contributed by atoms with E-state index >= 15 is 0 Å². The Morgan fingerprint density at radius 2 is 1.82 bits per heavy atom. The minimum atomic E-state index is -1.18. The number of fused-ring (bicyclic) bond motifs is 1. The molecule has 0 spiro atoms. The highest BCUT2D eigenvalue weighted by molar-refractivity contribution is 5.91. The molecule has 3 rings (SSSR count). The molecule has 0 saturated carbocycles. The fraction of sp³-hybridized carbons (Fsp3) is 0.222. The maximum atomic E-state index is 11.0. The molecule has 0 bridgehead atoms. The van der Waals surface area contributed by atoms with Crippen LogP contribution in [0.3, 0.4) is 0 Å².